The lowest BCUT2D eigenvalue weighted by atomic mass is 9.96. The number of benzene rings is 1. The SMILES string of the molecule is COCC(O)C1CCc2ccccc21. The molecule has 0 radical (unpaired) electrons. The van der Waals surface area contributed by atoms with Crippen molar-refractivity contribution >= 4 is 0 Å². The molecule has 2 heteroatoms. The predicted molar refractivity (Wildman–Crippen MR) is 55.4 cm³/mol. The number of aliphatic hydroxyl groups excluding tert-OH is 1. The molecule has 0 amide bonds. The fourth-order valence-electron chi connectivity index (χ4n) is 2.28. The Kier molecular flexibility index (Phi) is 2.85. The van der Waals surface area contributed by atoms with Crippen molar-refractivity contribution in [2.75, 3.05) is 13.7 Å². The smallest absolute Gasteiger partial charge is 0.0842 e. The van der Waals surface area contributed by atoms with Crippen molar-refractivity contribution in [1.29, 1.82) is 0 Å². The van der Waals surface area contributed by atoms with Gasteiger partial charge in [-0.05, 0) is 24.0 Å². The summed E-state index contributed by atoms with van der Waals surface area (Å²) in [6.45, 7) is 0.430. The van der Waals surface area contributed by atoms with Crippen LogP contribution >= 0.6 is 0 Å². The Morgan fingerprint density at radius 1 is 1.50 bits per heavy atom. The summed E-state index contributed by atoms with van der Waals surface area (Å²) in [7, 11) is 1.63. The highest BCUT2D eigenvalue weighted by molar-refractivity contribution is 5.35. The van der Waals surface area contributed by atoms with Crippen LogP contribution in [-0.4, -0.2) is 24.9 Å². The monoisotopic (exact) mass is 192 g/mol. The van der Waals surface area contributed by atoms with E-state index in [0.29, 0.717) is 6.61 Å². The largest absolute Gasteiger partial charge is 0.390 e. The minimum Gasteiger partial charge on any atom is -0.390 e. The topological polar surface area (TPSA) is 29.5 Å². The minimum atomic E-state index is -0.358. The summed E-state index contributed by atoms with van der Waals surface area (Å²) < 4.78 is 4.98. The van der Waals surface area contributed by atoms with Crippen molar-refractivity contribution in [1.82, 2.24) is 0 Å². The van der Waals surface area contributed by atoms with E-state index < -0.39 is 0 Å². The molecule has 2 nitrogen and oxygen atoms in total. The van der Waals surface area contributed by atoms with Crippen molar-refractivity contribution in [2.45, 2.75) is 24.9 Å². The Bertz CT molecular complexity index is 309. The highest BCUT2D eigenvalue weighted by Crippen LogP contribution is 2.35. The summed E-state index contributed by atoms with van der Waals surface area (Å²) in [6.07, 6.45) is 1.77. The zero-order chi connectivity index (χ0) is 9.97. The Morgan fingerprint density at radius 2 is 2.29 bits per heavy atom. The Labute approximate surface area is 84.5 Å². The van der Waals surface area contributed by atoms with E-state index in [1.54, 1.807) is 7.11 Å². The van der Waals surface area contributed by atoms with Gasteiger partial charge in [0.15, 0.2) is 0 Å². The third-order valence-corrected chi connectivity index (χ3v) is 2.98. The van der Waals surface area contributed by atoms with E-state index in [0.717, 1.165) is 12.8 Å². The molecule has 2 atom stereocenters. The lowest BCUT2D eigenvalue weighted by Gasteiger charge is -2.18. The van der Waals surface area contributed by atoms with Crippen LogP contribution in [-0.2, 0) is 11.2 Å². The van der Waals surface area contributed by atoms with Crippen molar-refractivity contribution in [3.63, 3.8) is 0 Å². The first-order chi connectivity index (χ1) is 6.83. The molecule has 0 aromatic heterocycles. The molecule has 1 N–H and O–H groups in total. The second-order valence-corrected chi connectivity index (χ2v) is 3.87. The van der Waals surface area contributed by atoms with Crippen molar-refractivity contribution in [3.8, 4) is 0 Å². The summed E-state index contributed by atoms with van der Waals surface area (Å²) in [5.41, 5.74) is 2.68. The fourth-order valence-corrected chi connectivity index (χ4v) is 2.28. The summed E-state index contributed by atoms with van der Waals surface area (Å²) in [6, 6.07) is 8.36. The third kappa shape index (κ3) is 1.68. The molecule has 76 valence electrons. The van der Waals surface area contributed by atoms with E-state index in [2.05, 4.69) is 18.2 Å². The van der Waals surface area contributed by atoms with Crippen LogP contribution in [0.5, 0.6) is 0 Å². The molecule has 1 aliphatic carbocycles. The number of aryl methyl sites for hydroxylation is 1. The van der Waals surface area contributed by atoms with Gasteiger partial charge in [0, 0.05) is 13.0 Å². The van der Waals surface area contributed by atoms with Gasteiger partial charge in [-0.3, -0.25) is 0 Å². The standard InChI is InChI=1S/C12H16O2/c1-14-8-12(13)11-7-6-9-4-2-3-5-10(9)11/h2-5,11-13H,6-8H2,1H3. The van der Waals surface area contributed by atoms with Gasteiger partial charge in [0.05, 0.1) is 12.7 Å². The van der Waals surface area contributed by atoms with Crippen LogP contribution in [0.4, 0.5) is 0 Å². The zero-order valence-corrected chi connectivity index (χ0v) is 8.44. The first-order valence-electron chi connectivity index (χ1n) is 5.07. The minimum absolute atomic E-state index is 0.270. The van der Waals surface area contributed by atoms with Gasteiger partial charge >= 0.3 is 0 Å². The number of rotatable bonds is 3. The van der Waals surface area contributed by atoms with Crippen molar-refractivity contribution < 1.29 is 9.84 Å². The lowest BCUT2D eigenvalue weighted by Crippen LogP contribution is -2.21. The number of ether oxygens (including phenoxy) is 1. The predicted octanol–water partition coefficient (Wildman–Crippen LogP) is 1.72. The molecule has 0 heterocycles. The summed E-state index contributed by atoms with van der Waals surface area (Å²) >= 11 is 0. The number of methoxy groups -OCH3 is 1. The molecular formula is C12H16O2. The van der Waals surface area contributed by atoms with Gasteiger partial charge in [0.1, 0.15) is 0 Å². The second-order valence-electron chi connectivity index (χ2n) is 3.87. The molecule has 2 unspecified atom stereocenters. The lowest BCUT2D eigenvalue weighted by molar-refractivity contribution is 0.0467. The van der Waals surface area contributed by atoms with E-state index >= 15 is 0 Å². The number of aliphatic hydroxyl groups is 1. The van der Waals surface area contributed by atoms with E-state index in [9.17, 15) is 5.11 Å². The normalized spacial score (nSPS) is 22.0. The molecule has 0 bridgehead atoms. The molecular weight excluding hydrogens is 176 g/mol. The van der Waals surface area contributed by atoms with Crippen LogP contribution in [0.25, 0.3) is 0 Å². The molecule has 0 fully saturated rings. The van der Waals surface area contributed by atoms with Gasteiger partial charge in [0.25, 0.3) is 0 Å². The molecule has 1 aromatic carbocycles. The molecule has 1 aliphatic rings. The van der Waals surface area contributed by atoms with Gasteiger partial charge in [-0.1, -0.05) is 24.3 Å². The third-order valence-electron chi connectivity index (χ3n) is 2.98. The van der Waals surface area contributed by atoms with Crippen LogP contribution in [0.15, 0.2) is 24.3 Å². The fraction of sp³-hybridized carbons (Fsp3) is 0.500. The summed E-state index contributed by atoms with van der Waals surface area (Å²) in [4.78, 5) is 0. The molecule has 14 heavy (non-hydrogen) atoms. The molecule has 0 aliphatic heterocycles. The van der Waals surface area contributed by atoms with E-state index in [-0.39, 0.29) is 12.0 Å². The highest BCUT2D eigenvalue weighted by atomic mass is 16.5. The Morgan fingerprint density at radius 3 is 3.07 bits per heavy atom. The average Bonchev–Trinajstić information content (AvgIpc) is 2.61. The van der Waals surface area contributed by atoms with Crippen LogP contribution < -0.4 is 0 Å². The number of hydrogen-bond donors (Lipinski definition) is 1. The maximum Gasteiger partial charge on any atom is 0.0842 e. The second kappa shape index (κ2) is 4.11. The van der Waals surface area contributed by atoms with E-state index in [1.165, 1.54) is 11.1 Å². The Hall–Kier alpha value is -0.860. The quantitative estimate of drug-likeness (QED) is 0.790. The van der Waals surface area contributed by atoms with Crippen molar-refractivity contribution in [2.24, 2.45) is 0 Å². The maximum atomic E-state index is 9.87. The Balaban J connectivity index is 2.17. The van der Waals surface area contributed by atoms with Gasteiger partial charge in [-0.2, -0.15) is 0 Å². The van der Waals surface area contributed by atoms with Gasteiger partial charge < -0.3 is 9.84 Å². The first kappa shape index (κ1) is 9.69. The molecule has 2 rings (SSSR count). The molecule has 0 spiro atoms. The zero-order valence-electron chi connectivity index (χ0n) is 8.44. The first-order valence-corrected chi connectivity index (χ1v) is 5.07. The average molecular weight is 192 g/mol. The molecule has 0 saturated heterocycles. The highest BCUT2D eigenvalue weighted by Gasteiger charge is 2.27. The maximum absolute atomic E-state index is 9.87. The number of fused-ring (bicyclic) bond motifs is 1. The summed E-state index contributed by atoms with van der Waals surface area (Å²) in [5.74, 6) is 0.270. The van der Waals surface area contributed by atoms with E-state index in [1.807, 2.05) is 6.07 Å². The van der Waals surface area contributed by atoms with Gasteiger partial charge in [0.2, 0.25) is 0 Å². The number of hydrogen-bond acceptors (Lipinski definition) is 2. The molecule has 0 saturated carbocycles. The van der Waals surface area contributed by atoms with Crippen LogP contribution in [0, 0.1) is 0 Å². The summed E-state index contributed by atoms with van der Waals surface area (Å²) in [5, 5.41) is 9.87. The molecule has 1 aromatic rings. The van der Waals surface area contributed by atoms with Crippen molar-refractivity contribution in [3.05, 3.63) is 35.4 Å². The van der Waals surface area contributed by atoms with Crippen LogP contribution in [0.2, 0.25) is 0 Å². The van der Waals surface area contributed by atoms with Gasteiger partial charge in [-0.25, -0.2) is 0 Å². The van der Waals surface area contributed by atoms with Gasteiger partial charge in [-0.15, -0.1) is 0 Å². The van der Waals surface area contributed by atoms with E-state index in [4.69, 9.17) is 4.74 Å². The van der Waals surface area contributed by atoms with Crippen LogP contribution in [0.3, 0.4) is 0 Å². The van der Waals surface area contributed by atoms with Crippen LogP contribution in [0.1, 0.15) is 23.5 Å².